The summed E-state index contributed by atoms with van der Waals surface area (Å²) >= 11 is 4.95. The van der Waals surface area contributed by atoms with Crippen LogP contribution in [0.1, 0.15) is 21.1 Å². The summed E-state index contributed by atoms with van der Waals surface area (Å²) in [5.74, 6) is 0.589. The summed E-state index contributed by atoms with van der Waals surface area (Å²) in [6.07, 6.45) is 0. The molecule has 0 bridgehead atoms. The number of hydrogen-bond acceptors (Lipinski definition) is 4. The van der Waals surface area contributed by atoms with Gasteiger partial charge in [-0.25, -0.2) is 4.98 Å². The summed E-state index contributed by atoms with van der Waals surface area (Å²) in [5, 5.41) is 9.95. The Labute approximate surface area is 118 Å². The number of rotatable bonds is 3. The first kappa shape index (κ1) is 13.1. The van der Waals surface area contributed by atoms with Gasteiger partial charge >= 0.3 is 0 Å². The van der Waals surface area contributed by atoms with E-state index in [1.165, 1.54) is 4.88 Å². The lowest BCUT2D eigenvalue weighted by atomic mass is 10.2. The molecule has 0 aliphatic heterocycles. The van der Waals surface area contributed by atoms with Gasteiger partial charge in [0.05, 0.1) is 11.3 Å². The highest BCUT2D eigenvalue weighted by Gasteiger charge is 2.07. The molecule has 1 aromatic carbocycles. The number of hydrogen-bond donors (Lipinski definition) is 0. The Morgan fingerprint density at radius 1 is 1.44 bits per heavy atom. The number of ether oxygens (including phenoxy) is 1. The minimum atomic E-state index is 0.398. The third-order valence-corrected chi connectivity index (χ3v) is 4.03. The van der Waals surface area contributed by atoms with Gasteiger partial charge in [0.1, 0.15) is 23.4 Å². The highest BCUT2D eigenvalue weighted by atomic mass is 79.9. The van der Waals surface area contributed by atoms with Crippen LogP contribution in [0.25, 0.3) is 0 Å². The van der Waals surface area contributed by atoms with E-state index >= 15 is 0 Å². The number of aryl methyl sites for hydroxylation is 2. The van der Waals surface area contributed by atoms with E-state index in [0.29, 0.717) is 17.9 Å². The minimum Gasteiger partial charge on any atom is -0.485 e. The van der Waals surface area contributed by atoms with Crippen LogP contribution >= 0.6 is 27.3 Å². The van der Waals surface area contributed by atoms with Gasteiger partial charge in [-0.15, -0.1) is 11.3 Å². The molecule has 0 fully saturated rings. The molecule has 2 rings (SSSR count). The molecule has 0 aliphatic rings. The number of benzene rings is 1. The lowest BCUT2D eigenvalue weighted by molar-refractivity contribution is 0.304. The first-order valence-corrected chi connectivity index (χ1v) is 6.96. The maximum absolute atomic E-state index is 9.02. The quantitative estimate of drug-likeness (QED) is 0.858. The standard InChI is InChI=1S/C13H11BrN2OS/c1-8-9(2)18-13(16-8)7-17-12-4-3-11(14)5-10(12)6-15/h3-5H,7H2,1-2H3. The number of thiazole rings is 1. The molecule has 1 aromatic heterocycles. The number of halogens is 1. The van der Waals surface area contributed by atoms with Crippen molar-refractivity contribution in [3.8, 4) is 11.8 Å². The van der Waals surface area contributed by atoms with Gasteiger partial charge in [-0.05, 0) is 32.0 Å². The van der Waals surface area contributed by atoms with Crippen LogP contribution in [0.3, 0.4) is 0 Å². The summed E-state index contributed by atoms with van der Waals surface area (Å²) in [6, 6.07) is 7.50. The van der Waals surface area contributed by atoms with Gasteiger partial charge in [-0.3, -0.25) is 0 Å². The smallest absolute Gasteiger partial charge is 0.140 e. The minimum absolute atomic E-state index is 0.398. The van der Waals surface area contributed by atoms with E-state index in [1.54, 1.807) is 23.5 Å². The van der Waals surface area contributed by atoms with Crippen molar-refractivity contribution in [2.24, 2.45) is 0 Å². The van der Waals surface area contributed by atoms with E-state index in [2.05, 4.69) is 27.0 Å². The zero-order valence-electron chi connectivity index (χ0n) is 10.0. The Bertz CT molecular complexity index is 596. The van der Waals surface area contributed by atoms with Crippen LogP contribution in [0.5, 0.6) is 5.75 Å². The molecule has 3 nitrogen and oxygen atoms in total. The average Bonchev–Trinajstić information content (AvgIpc) is 2.67. The first-order valence-electron chi connectivity index (χ1n) is 5.35. The van der Waals surface area contributed by atoms with Crippen molar-refractivity contribution in [2.45, 2.75) is 20.5 Å². The molecule has 0 aliphatic carbocycles. The fraction of sp³-hybridized carbons (Fsp3) is 0.231. The Hall–Kier alpha value is -1.38. The molecule has 0 N–H and O–H groups in total. The van der Waals surface area contributed by atoms with Crippen molar-refractivity contribution in [1.82, 2.24) is 4.98 Å². The highest BCUT2D eigenvalue weighted by molar-refractivity contribution is 9.10. The summed E-state index contributed by atoms with van der Waals surface area (Å²) in [5.41, 5.74) is 1.56. The maximum atomic E-state index is 9.02. The Morgan fingerprint density at radius 3 is 2.83 bits per heavy atom. The number of nitrogens with zero attached hydrogens (tertiary/aromatic N) is 2. The van der Waals surface area contributed by atoms with Gasteiger partial charge in [0.2, 0.25) is 0 Å². The molecule has 5 heteroatoms. The van der Waals surface area contributed by atoms with Crippen molar-refractivity contribution in [1.29, 1.82) is 5.26 Å². The van der Waals surface area contributed by atoms with Gasteiger partial charge < -0.3 is 4.74 Å². The molecule has 2 aromatic rings. The largest absolute Gasteiger partial charge is 0.485 e. The Kier molecular flexibility index (Phi) is 4.00. The average molecular weight is 323 g/mol. The molecule has 18 heavy (non-hydrogen) atoms. The highest BCUT2D eigenvalue weighted by Crippen LogP contribution is 2.24. The number of nitriles is 1. The molecule has 0 radical (unpaired) electrons. The van der Waals surface area contributed by atoms with Crippen molar-refractivity contribution in [3.63, 3.8) is 0 Å². The van der Waals surface area contributed by atoms with Gasteiger partial charge in [0, 0.05) is 9.35 Å². The lowest BCUT2D eigenvalue weighted by Crippen LogP contribution is -1.96. The molecular weight excluding hydrogens is 312 g/mol. The predicted octanol–water partition coefficient (Wildman–Crippen LogP) is 3.97. The second-order valence-corrected chi connectivity index (χ2v) is 5.99. The molecule has 0 saturated carbocycles. The van der Waals surface area contributed by atoms with Crippen molar-refractivity contribution >= 4 is 27.3 Å². The normalized spacial score (nSPS) is 10.1. The molecule has 92 valence electrons. The monoisotopic (exact) mass is 322 g/mol. The molecular formula is C13H11BrN2OS. The van der Waals surface area contributed by atoms with Crippen LogP contribution in [0.4, 0.5) is 0 Å². The molecule has 0 unspecified atom stereocenters. The second kappa shape index (κ2) is 5.51. The summed E-state index contributed by atoms with van der Waals surface area (Å²) in [6.45, 7) is 4.42. The topological polar surface area (TPSA) is 45.9 Å². The molecule has 0 spiro atoms. The van der Waals surface area contributed by atoms with Gasteiger partial charge in [0.25, 0.3) is 0 Å². The van der Waals surface area contributed by atoms with E-state index in [1.807, 2.05) is 19.9 Å². The van der Waals surface area contributed by atoms with Crippen LogP contribution in [0, 0.1) is 25.2 Å². The van der Waals surface area contributed by atoms with E-state index in [4.69, 9.17) is 10.00 Å². The Morgan fingerprint density at radius 2 is 2.22 bits per heavy atom. The maximum Gasteiger partial charge on any atom is 0.140 e. The van der Waals surface area contributed by atoms with Crippen molar-refractivity contribution < 1.29 is 4.74 Å². The van der Waals surface area contributed by atoms with Crippen LogP contribution in [-0.4, -0.2) is 4.98 Å². The third-order valence-electron chi connectivity index (χ3n) is 2.49. The third kappa shape index (κ3) is 2.89. The predicted molar refractivity (Wildman–Crippen MR) is 74.8 cm³/mol. The van der Waals surface area contributed by atoms with Gasteiger partial charge in [0.15, 0.2) is 0 Å². The van der Waals surface area contributed by atoms with Crippen LogP contribution in [0.15, 0.2) is 22.7 Å². The van der Waals surface area contributed by atoms with Crippen LogP contribution in [0.2, 0.25) is 0 Å². The van der Waals surface area contributed by atoms with E-state index in [-0.39, 0.29) is 0 Å². The Balaban J connectivity index is 2.13. The second-order valence-electron chi connectivity index (χ2n) is 3.79. The summed E-state index contributed by atoms with van der Waals surface area (Å²) < 4.78 is 6.51. The summed E-state index contributed by atoms with van der Waals surface area (Å²) in [4.78, 5) is 5.60. The molecule has 0 atom stereocenters. The lowest BCUT2D eigenvalue weighted by Gasteiger charge is -2.06. The molecule has 0 amide bonds. The van der Waals surface area contributed by atoms with E-state index < -0.39 is 0 Å². The first-order chi connectivity index (χ1) is 8.60. The van der Waals surface area contributed by atoms with Gasteiger partial charge in [-0.2, -0.15) is 5.26 Å². The van der Waals surface area contributed by atoms with E-state index in [9.17, 15) is 0 Å². The van der Waals surface area contributed by atoms with Gasteiger partial charge in [-0.1, -0.05) is 15.9 Å². The van der Waals surface area contributed by atoms with Crippen LogP contribution in [-0.2, 0) is 6.61 Å². The summed E-state index contributed by atoms with van der Waals surface area (Å²) in [7, 11) is 0. The number of aromatic nitrogens is 1. The fourth-order valence-corrected chi connectivity index (χ4v) is 2.66. The van der Waals surface area contributed by atoms with E-state index in [0.717, 1.165) is 15.2 Å². The van der Waals surface area contributed by atoms with Crippen molar-refractivity contribution in [2.75, 3.05) is 0 Å². The zero-order chi connectivity index (χ0) is 13.1. The SMILES string of the molecule is Cc1nc(COc2ccc(Br)cc2C#N)sc1C. The van der Waals surface area contributed by atoms with Crippen LogP contribution < -0.4 is 4.74 Å². The fourth-order valence-electron chi connectivity index (χ4n) is 1.46. The zero-order valence-corrected chi connectivity index (χ0v) is 12.4. The van der Waals surface area contributed by atoms with Crippen molar-refractivity contribution in [3.05, 3.63) is 43.8 Å². The molecule has 1 heterocycles. The molecule has 0 saturated heterocycles.